The number of anilines is 2. The minimum atomic E-state index is -4.89. The number of amides is 2. The quantitative estimate of drug-likeness (QED) is 0.165. The first-order valence-corrected chi connectivity index (χ1v) is 15.8. The van der Waals surface area contributed by atoms with Crippen molar-refractivity contribution in [1.82, 2.24) is 9.78 Å². The standard InChI is InChI=1S/C24H21Cl2N7O9S2.2Na/c1-12-9-15(43(37,38)39)4-6-18(12)33-24(36)22(13(2)31-33)30-29-17-5-3-14(10-19(17)44(40,41)42)28-20(34)7-8-32-23(35)21(26)16(25)11-27-32;;/h3-6,9-11,22H,7-8H2,1-2H3,(H,28,34)(H,37,38,39)(H,40,41,42);;. The Morgan fingerprint density at radius 3 is 2.30 bits per heavy atom. The topological polar surface area (TPSA) is 230 Å². The summed E-state index contributed by atoms with van der Waals surface area (Å²) in [6, 6.07) is 5.56. The Labute approximate surface area is 316 Å². The van der Waals surface area contributed by atoms with Crippen LogP contribution in [-0.2, 0) is 36.4 Å². The molecule has 0 spiro atoms. The average Bonchev–Trinajstić information content (AvgIpc) is 3.21. The van der Waals surface area contributed by atoms with Crippen LogP contribution in [0.4, 0.5) is 17.1 Å². The van der Waals surface area contributed by atoms with Gasteiger partial charge in [-0.05, 0) is 55.8 Å². The van der Waals surface area contributed by atoms with Gasteiger partial charge in [-0.25, -0.2) is 4.68 Å². The molecule has 0 bridgehead atoms. The summed E-state index contributed by atoms with van der Waals surface area (Å²) in [7, 11) is -9.37. The summed E-state index contributed by atoms with van der Waals surface area (Å²) in [5.74, 6) is -1.33. The molecule has 1 atom stereocenters. The van der Waals surface area contributed by atoms with E-state index in [2.05, 4.69) is 25.7 Å². The zero-order chi connectivity index (χ0) is 32.6. The molecule has 1 aliphatic heterocycles. The second-order valence-corrected chi connectivity index (χ2v) is 12.8. The summed E-state index contributed by atoms with van der Waals surface area (Å²) in [4.78, 5) is 36.5. The SMILES string of the molecule is CC1=NN(c2ccc(S(=O)(=O)O)cc2C)C(=O)C1N=Nc1ccc(NC(=O)CCn2ncc(Cl)c(Cl)c2=O)cc1S(=O)(=O)O.[Na].[Na]. The van der Waals surface area contributed by atoms with Crippen LogP contribution in [0.5, 0.6) is 0 Å². The molecule has 0 aliphatic carbocycles. The van der Waals surface area contributed by atoms with E-state index in [0.29, 0.717) is 5.56 Å². The van der Waals surface area contributed by atoms with Gasteiger partial charge in [0.05, 0.1) is 34.1 Å². The van der Waals surface area contributed by atoms with Crippen LogP contribution in [0, 0.1) is 6.92 Å². The molecule has 3 aromatic rings. The molecule has 1 aromatic heterocycles. The van der Waals surface area contributed by atoms with Crippen LogP contribution in [0.1, 0.15) is 18.9 Å². The predicted octanol–water partition coefficient (Wildman–Crippen LogP) is 2.49. The van der Waals surface area contributed by atoms with Crippen molar-refractivity contribution in [1.29, 1.82) is 0 Å². The summed E-state index contributed by atoms with van der Waals surface area (Å²) in [6.07, 6.45) is 0.883. The summed E-state index contributed by atoms with van der Waals surface area (Å²) >= 11 is 11.5. The number of carbonyl (C=O) groups is 2. The molecule has 16 nitrogen and oxygen atoms in total. The fraction of sp³-hybridized carbons (Fsp3) is 0.208. The molecular formula is C24H21Cl2N7Na2O9S2. The maximum absolute atomic E-state index is 13.1. The molecule has 0 fully saturated rings. The molecule has 0 saturated carbocycles. The maximum Gasteiger partial charge on any atom is 0.296 e. The van der Waals surface area contributed by atoms with E-state index in [1.54, 1.807) is 0 Å². The van der Waals surface area contributed by atoms with E-state index in [1.807, 2.05) is 0 Å². The van der Waals surface area contributed by atoms with Gasteiger partial charge in [0.2, 0.25) is 5.91 Å². The van der Waals surface area contributed by atoms with E-state index in [1.165, 1.54) is 26.0 Å². The zero-order valence-electron chi connectivity index (χ0n) is 24.5. The normalized spacial score (nSPS) is 14.9. The second-order valence-electron chi connectivity index (χ2n) is 9.22. The van der Waals surface area contributed by atoms with Crippen molar-refractivity contribution in [2.75, 3.05) is 10.3 Å². The summed E-state index contributed by atoms with van der Waals surface area (Å²) in [6.45, 7) is 2.80. The number of hydrogen-bond donors (Lipinski definition) is 3. The molecule has 2 radical (unpaired) electrons. The largest absolute Gasteiger partial charge is 0.326 e. The Bertz CT molecular complexity index is 2040. The fourth-order valence-electron chi connectivity index (χ4n) is 3.92. The smallest absolute Gasteiger partial charge is 0.296 e. The van der Waals surface area contributed by atoms with Crippen molar-refractivity contribution < 1.29 is 35.5 Å². The monoisotopic (exact) mass is 731 g/mol. The van der Waals surface area contributed by atoms with Gasteiger partial charge in [-0.3, -0.25) is 23.5 Å². The number of hydrogen-bond acceptors (Lipinski definition) is 11. The third-order valence-electron chi connectivity index (χ3n) is 6.09. The average molecular weight is 732 g/mol. The summed E-state index contributed by atoms with van der Waals surface area (Å²) < 4.78 is 67.0. The number of hydrazone groups is 1. The predicted molar refractivity (Wildman–Crippen MR) is 169 cm³/mol. The van der Waals surface area contributed by atoms with Gasteiger partial charge in [0.15, 0.2) is 6.04 Å². The van der Waals surface area contributed by atoms with Crippen LogP contribution in [-0.4, -0.2) is 118 Å². The number of rotatable bonds is 9. The van der Waals surface area contributed by atoms with E-state index >= 15 is 0 Å². The third kappa shape index (κ3) is 9.30. The van der Waals surface area contributed by atoms with Crippen LogP contribution in [0.3, 0.4) is 0 Å². The van der Waals surface area contributed by atoms with Crippen LogP contribution in [0.2, 0.25) is 10.0 Å². The molecule has 1 unspecified atom stereocenters. The van der Waals surface area contributed by atoms with E-state index in [0.717, 1.165) is 40.2 Å². The van der Waals surface area contributed by atoms with Gasteiger partial charge < -0.3 is 5.32 Å². The zero-order valence-corrected chi connectivity index (χ0v) is 31.7. The maximum atomic E-state index is 13.1. The van der Waals surface area contributed by atoms with Gasteiger partial charge in [-0.15, -0.1) is 0 Å². The number of benzene rings is 2. The van der Waals surface area contributed by atoms with Gasteiger partial charge in [0.1, 0.15) is 15.6 Å². The second kappa shape index (κ2) is 15.9. The first-order chi connectivity index (χ1) is 20.5. The molecule has 0 saturated heterocycles. The first kappa shape index (κ1) is 40.1. The minimum Gasteiger partial charge on any atom is -0.326 e. The van der Waals surface area contributed by atoms with Crippen molar-refractivity contribution in [3.05, 3.63) is 68.6 Å². The number of nitrogens with zero attached hydrogens (tertiary/aromatic N) is 6. The van der Waals surface area contributed by atoms with E-state index in [-0.39, 0.29) is 110 Å². The number of aryl methyl sites for hydroxylation is 2. The van der Waals surface area contributed by atoms with Crippen molar-refractivity contribution in [3.63, 3.8) is 0 Å². The molecule has 2 heterocycles. The molecule has 22 heteroatoms. The molecule has 3 N–H and O–H groups in total. The molecule has 234 valence electrons. The van der Waals surface area contributed by atoms with Gasteiger partial charge >= 0.3 is 0 Å². The first-order valence-electron chi connectivity index (χ1n) is 12.2. The number of halogens is 2. The molecule has 1 aliphatic rings. The Morgan fingerprint density at radius 2 is 1.70 bits per heavy atom. The number of nitrogens with one attached hydrogen (secondary N) is 1. The Morgan fingerprint density at radius 1 is 1.02 bits per heavy atom. The molecular weight excluding hydrogens is 711 g/mol. The summed E-state index contributed by atoms with van der Waals surface area (Å²) in [5.41, 5.74) is -0.424. The molecule has 46 heavy (non-hydrogen) atoms. The summed E-state index contributed by atoms with van der Waals surface area (Å²) in [5, 5.41) is 18.8. The Kier molecular flexibility index (Phi) is 13.8. The minimum absolute atomic E-state index is 0. The molecule has 4 rings (SSSR count). The number of aromatic nitrogens is 2. The molecule has 2 amide bonds. The molecule has 2 aromatic carbocycles. The van der Waals surface area contributed by atoms with Crippen molar-refractivity contribution in [3.8, 4) is 0 Å². The van der Waals surface area contributed by atoms with Crippen molar-refractivity contribution >= 4 is 137 Å². The van der Waals surface area contributed by atoms with Crippen LogP contribution < -0.4 is 15.9 Å². The van der Waals surface area contributed by atoms with Crippen LogP contribution in [0.15, 0.2) is 72.5 Å². The van der Waals surface area contributed by atoms with Crippen molar-refractivity contribution in [2.24, 2.45) is 15.3 Å². The Balaban J connectivity index is 0.00000368. The fourth-order valence-corrected chi connectivity index (χ4v) is 5.41. The Hall–Kier alpha value is -2.07. The van der Waals surface area contributed by atoms with E-state index in [4.69, 9.17) is 23.2 Å². The van der Waals surface area contributed by atoms with Gasteiger partial charge in [-0.1, -0.05) is 23.2 Å². The van der Waals surface area contributed by atoms with E-state index < -0.39 is 48.5 Å². The van der Waals surface area contributed by atoms with Crippen LogP contribution in [0.25, 0.3) is 0 Å². The van der Waals surface area contributed by atoms with Crippen molar-refractivity contribution in [2.45, 2.75) is 42.6 Å². The van der Waals surface area contributed by atoms with E-state index in [9.17, 15) is 40.3 Å². The van der Waals surface area contributed by atoms with Gasteiger partial charge in [0.25, 0.3) is 31.7 Å². The van der Waals surface area contributed by atoms with Crippen LogP contribution >= 0.6 is 23.2 Å². The van der Waals surface area contributed by atoms with Gasteiger partial charge in [0, 0.05) is 71.2 Å². The number of azo groups is 1. The third-order valence-corrected chi connectivity index (χ3v) is 8.57. The van der Waals surface area contributed by atoms with Gasteiger partial charge in [-0.2, -0.15) is 42.3 Å². The number of carbonyl (C=O) groups excluding carboxylic acids is 2.